The van der Waals surface area contributed by atoms with Crippen LogP contribution < -0.4 is 20.1 Å². The normalized spacial score (nSPS) is 10.4. The summed E-state index contributed by atoms with van der Waals surface area (Å²) in [5, 5.41) is 14.0. The van der Waals surface area contributed by atoms with Crippen molar-refractivity contribution in [1.82, 2.24) is 15.5 Å². The Hall–Kier alpha value is -2.83. The first-order valence-electron chi connectivity index (χ1n) is 8.10. The smallest absolute Gasteiger partial charge is 0.272 e. The molecule has 0 aliphatic rings. The predicted octanol–water partition coefficient (Wildman–Crippen LogP) is 2.49. The first-order valence-corrected chi connectivity index (χ1v) is 8.10. The lowest BCUT2D eigenvalue weighted by Crippen LogP contribution is -2.24. The van der Waals surface area contributed by atoms with E-state index in [-0.39, 0.29) is 11.6 Å². The molecule has 25 heavy (non-hydrogen) atoms. The van der Waals surface area contributed by atoms with E-state index in [1.54, 1.807) is 32.4 Å². The number of amides is 1. The van der Waals surface area contributed by atoms with Crippen LogP contribution in [0.25, 0.3) is 0 Å². The lowest BCUT2D eigenvalue weighted by atomic mass is 10.2. The molecule has 1 aromatic heterocycles. The third-order valence-electron chi connectivity index (χ3n) is 3.49. The van der Waals surface area contributed by atoms with Crippen molar-refractivity contribution in [2.75, 3.05) is 26.1 Å². The fraction of sp³-hybridized carbons (Fsp3) is 0.389. The zero-order chi connectivity index (χ0) is 18.2. The van der Waals surface area contributed by atoms with Crippen LogP contribution in [-0.2, 0) is 6.54 Å². The molecular formula is C18H24N4O3. The maximum absolute atomic E-state index is 12.2. The molecule has 2 N–H and O–H groups in total. The van der Waals surface area contributed by atoms with Gasteiger partial charge in [-0.25, -0.2) is 0 Å². The van der Waals surface area contributed by atoms with Crippen molar-refractivity contribution >= 4 is 11.7 Å². The van der Waals surface area contributed by atoms with Gasteiger partial charge in [0.25, 0.3) is 5.91 Å². The number of nitrogens with zero attached hydrogens (tertiary/aromatic N) is 2. The minimum absolute atomic E-state index is 0.274. The number of ether oxygens (including phenoxy) is 2. The van der Waals surface area contributed by atoms with Gasteiger partial charge >= 0.3 is 0 Å². The Morgan fingerprint density at radius 2 is 1.84 bits per heavy atom. The molecule has 0 aliphatic carbocycles. The highest BCUT2D eigenvalue weighted by Crippen LogP contribution is 2.27. The largest absolute Gasteiger partial charge is 0.493 e. The van der Waals surface area contributed by atoms with Crippen molar-refractivity contribution in [2.24, 2.45) is 5.92 Å². The van der Waals surface area contributed by atoms with Crippen LogP contribution >= 0.6 is 0 Å². The van der Waals surface area contributed by atoms with Crippen LogP contribution in [-0.4, -0.2) is 36.9 Å². The Kier molecular flexibility index (Phi) is 6.56. The van der Waals surface area contributed by atoms with Crippen LogP contribution in [0, 0.1) is 5.92 Å². The minimum atomic E-state index is -0.280. The predicted molar refractivity (Wildman–Crippen MR) is 96.1 cm³/mol. The zero-order valence-electron chi connectivity index (χ0n) is 15.0. The van der Waals surface area contributed by atoms with Gasteiger partial charge in [-0.05, 0) is 35.7 Å². The number of methoxy groups -OCH3 is 2. The molecule has 0 fully saturated rings. The van der Waals surface area contributed by atoms with Crippen molar-refractivity contribution in [3.8, 4) is 11.5 Å². The van der Waals surface area contributed by atoms with Crippen LogP contribution in [0.4, 0.5) is 5.82 Å². The van der Waals surface area contributed by atoms with Crippen molar-refractivity contribution in [3.05, 3.63) is 41.6 Å². The number of nitrogens with one attached hydrogen (secondary N) is 2. The number of carbonyl (C=O) groups excluding carboxylic acids is 1. The molecule has 134 valence electrons. The highest BCUT2D eigenvalue weighted by Gasteiger charge is 2.10. The van der Waals surface area contributed by atoms with E-state index in [0.717, 1.165) is 12.1 Å². The summed E-state index contributed by atoms with van der Waals surface area (Å²) in [6.45, 7) is 5.38. The van der Waals surface area contributed by atoms with Gasteiger partial charge in [-0.3, -0.25) is 4.79 Å². The lowest BCUT2D eigenvalue weighted by Gasteiger charge is -2.10. The van der Waals surface area contributed by atoms with Crippen LogP contribution in [0.3, 0.4) is 0 Å². The van der Waals surface area contributed by atoms with Gasteiger partial charge in [0.1, 0.15) is 5.82 Å². The number of hydrogen-bond donors (Lipinski definition) is 2. The molecule has 0 spiro atoms. The Morgan fingerprint density at radius 3 is 2.44 bits per heavy atom. The summed E-state index contributed by atoms with van der Waals surface area (Å²) in [4.78, 5) is 12.2. The second kappa shape index (κ2) is 8.86. The Bertz CT molecular complexity index is 702. The molecule has 0 bridgehead atoms. The van der Waals surface area contributed by atoms with E-state index >= 15 is 0 Å². The average Bonchev–Trinajstić information content (AvgIpc) is 2.64. The number of benzene rings is 1. The van der Waals surface area contributed by atoms with E-state index in [2.05, 4.69) is 34.7 Å². The fourth-order valence-corrected chi connectivity index (χ4v) is 2.12. The summed E-state index contributed by atoms with van der Waals surface area (Å²) in [7, 11) is 3.16. The van der Waals surface area contributed by atoms with E-state index in [4.69, 9.17) is 9.47 Å². The molecule has 1 heterocycles. The number of aromatic nitrogens is 2. The number of anilines is 1. The average molecular weight is 344 g/mol. The lowest BCUT2D eigenvalue weighted by molar-refractivity contribution is 0.0945. The van der Waals surface area contributed by atoms with Crippen molar-refractivity contribution in [1.29, 1.82) is 0 Å². The summed E-state index contributed by atoms with van der Waals surface area (Å²) >= 11 is 0. The molecule has 2 aromatic rings. The SMILES string of the molecule is COc1ccc(CNC(=O)c2ccc(NCC(C)C)nn2)cc1OC. The van der Waals surface area contributed by atoms with Crippen LogP contribution in [0.5, 0.6) is 11.5 Å². The standard InChI is InChI=1S/C18H24N4O3/c1-12(2)10-19-17-8-6-14(21-22-17)18(23)20-11-13-5-7-15(24-3)16(9-13)25-4/h5-9,12H,10-11H2,1-4H3,(H,19,22)(H,20,23). The van der Waals surface area contributed by atoms with Gasteiger partial charge in [0.05, 0.1) is 14.2 Å². The molecule has 2 rings (SSSR count). The van der Waals surface area contributed by atoms with Crippen molar-refractivity contribution in [2.45, 2.75) is 20.4 Å². The van der Waals surface area contributed by atoms with Gasteiger partial charge in [-0.1, -0.05) is 19.9 Å². The van der Waals surface area contributed by atoms with Gasteiger partial charge in [-0.2, -0.15) is 0 Å². The molecule has 0 saturated carbocycles. The zero-order valence-corrected chi connectivity index (χ0v) is 15.0. The monoisotopic (exact) mass is 344 g/mol. The molecule has 7 heteroatoms. The van der Waals surface area contributed by atoms with E-state index in [9.17, 15) is 4.79 Å². The fourth-order valence-electron chi connectivity index (χ4n) is 2.12. The third kappa shape index (κ3) is 5.34. The minimum Gasteiger partial charge on any atom is -0.493 e. The number of rotatable bonds is 8. The molecule has 0 atom stereocenters. The third-order valence-corrected chi connectivity index (χ3v) is 3.49. The van der Waals surface area contributed by atoms with Crippen molar-refractivity contribution in [3.63, 3.8) is 0 Å². The van der Waals surface area contributed by atoms with Gasteiger partial charge < -0.3 is 20.1 Å². The van der Waals surface area contributed by atoms with Gasteiger partial charge in [0.2, 0.25) is 0 Å². The molecule has 1 aromatic carbocycles. The first kappa shape index (κ1) is 18.5. The topological polar surface area (TPSA) is 85.4 Å². The summed E-state index contributed by atoms with van der Waals surface area (Å²) in [5.74, 6) is 2.15. The molecule has 0 aliphatic heterocycles. The van der Waals surface area contributed by atoms with Crippen LogP contribution in [0.15, 0.2) is 30.3 Å². The maximum Gasteiger partial charge on any atom is 0.272 e. The van der Waals surface area contributed by atoms with Gasteiger partial charge in [0.15, 0.2) is 17.2 Å². The number of hydrogen-bond acceptors (Lipinski definition) is 6. The second-order valence-electron chi connectivity index (χ2n) is 5.95. The summed E-state index contributed by atoms with van der Waals surface area (Å²) < 4.78 is 10.4. The quantitative estimate of drug-likeness (QED) is 0.765. The van der Waals surface area contributed by atoms with Crippen molar-refractivity contribution < 1.29 is 14.3 Å². The maximum atomic E-state index is 12.2. The van der Waals surface area contributed by atoms with E-state index < -0.39 is 0 Å². The van der Waals surface area contributed by atoms with Crippen LogP contribution in [0.2, 0.25) is 0 Å². The molecular weight excluding hydrogens is 320 g/mol. The van der Waals surface area contributed by atoms with Gasteiger partial charge in [0, 0.05) is 13.1 Å². The van der Waals surface area contributed by atoms with E-state index in [1.807, 2.05) is 12.1 Å². The second-order valence-corrected chi connectivity index (χ2v) is 5.95. The highest BCUT2D eigenvalue weighted by atomic mass is 16.5. The number of carbonyl (C=O) groups is 1. The highest BCUT2D eigenvalue weighted by molar-refractivity contribution is 5.92. The summed E-state index contributed by atoms with van der Waals surface area (Å²) in [5.41, 5.74) is 1.17. The van der Waals surface area contributed by atoms with Gasteiger partial charge in [-0.15, -0.1) is 10.2 Å². The molecule has 0 unspecified atom stereocenters. The molecule has 0 saturated heterocycles. The molecule has 7 nitrogen and oxygen atoms in total. The summed E-state index contributed by atoms with van der Waals surface area (Å²) in [6.07, 6.45) is 0. The Morgan fingerprint density at radius 1 is 1.08 bits per heavy atom. The molecule has 0 radical (unpaired) electrons. The first-order chi connectivity index (χ1) is 12.0. The van der Waals surface area contributed by atoms with Crippen LogP contribution in [0.1, 0.15) is 29.9 Å². The Balaban J connectivity index is 1.93. The summed E-state index contributed by atoms with van der Waals surface area (Å²) in [6, 6.07) is 8.89. The Labute approximate surface area is 147 Å². The van der Waals surface area contributed by atoms with E-state index in [0.29, 0.717) is 29.8 Å². The van der Waals surface area contributed by atoms with E-state index in [1.165, 1.54) is 0 Å². The molecule has 1 amide bonds.